The molecule has 0 amide bonds. The number of piperidine rings is 1. The minimum atomic E-state index is -0.489. The van der Waals surface area contributed by atoms with Crippen LogP contribution < -0.4 is 14.8 Å². The van der Waals surface area contributed by atoms with Gasteiger partial charge in [0.2, 0.25) is 0 Å². The molecule has 1 aromatic rings. The summed E-state index contributed by atoms with van der Waals surface area (Å²) < 4.78 is 10.5. The molecule has 4 heteroatoms. The van der Waals surface area contributed by atoms with Gasteiger partial charge in [0.1, 0.15) is 11.5 Å². The molecule has 0 aliphatic carbocycles. The van der Waals surface area contributed by atoms with E-state index >= 15 is 0 Å². The smallest absolute Gasteiger partial charge is 0.124 e. The van der Waals surface area contributed by atoms with Crippen molar-refractivity contribution in [3.8, 4) is 11.5 Å². The Kier molecular flexibility index (Phi) is 4.44. The van der Waals surface area contributed by atoms with Crippen LogP contribution in [-0.2, 0) is 0 Å². The fraction of sp³-hybridized carbons (Fsp3) is 0.571. The van der Waals surface area contributed by atoms with E-state index in [4.69, 9.17) is 9.47 Å². The van der Waals surface area contributed by atoms with Gasteiger partial charge in [0.15, 0.2) is 0 Å². The fourth-order valence-electron chi connectivity index (χ4n) is 2.48. The van der Waals surface area contributed by atoms with Gasteiger partial charge in [0.05, 0.1) is 20.3 Å². The molecule has 1 saturated heterocycles. The van der Waals surface area contributed by atoms with Crippen LogP contribution in [0.15, 0.2) is 18.2 Å². The van der Waals surface area contributed by atoms with E-state index in [9.17, 15) is 5.11 Å². The first-order valence-corrected chi connectivity index (χ1v) is 6.37. The number of hydrogen-bond donors (Lipinski definition) is 2. The van der Waals surface area contributed by atoms with Gasteiger partial charge in [-0.2, -0.15) is 0 Å². The number of hydrogen-bond acceptors (Lipinski definition) is 4. The van der Waals surface area contributed by atoms with E-state index in [2.05, 4.69) is 5.32 Å². The highest BCUT2D eigenvalue weighted by atomic mass is 16.5. The van der Waals surface area contributed by atoms with E-state index in [1.54, 1.807) is 14.2 Å². The zero-order valence-corrected chi connectivity index (χ0v) is 11.0. The van der Waals surface area contributed by atoms with E-state index in [0.717, 1.165) is 43.0 Å². The summed E-state index contributed by atoms with van der Waals surface area (Å²) in [5, 5.41) is 13.8. The molecular weight excluding hydrogens is 230 g/mol. The predicted octanol–water partition coefficient (Wildman–Crippen LogP) is 1.74. The van der Waals surface area contributed by atoms with E-state index in [-0.39, 0.29) is 5.92 Å². The highest BCUT2D eigenvalue weighted by Crippen LogP contribution is 2.36. The molecule has 0 saturated carbocycles. The lowest BCUT2D eigenvalue weighted by Crippen LogP contribution is -2.31. The quantitative estimate of drug-likeness (QED) is 0.856. The largest absolute Gasteiger partial charge is 0.497 e. The van der Waals surface area contributed by atoms with Crippen molar-refractivity contribution in [3.05, 3.63) is 23.8 Å². The molecule has 18 heavy (non-hydrogen) atoms. The molecule has 0 bridgehead atoms. The zero-order valence-electron chi connectivity index (χ0n) is 11.0. The van der Waals surface area contributed by atoms with Crippen LogP contribution in [0.3, 0.4) is 0 Å². The topological polar surface area (TPSA) is 50.7 Å². The molecule has 0 aromatic heterocycles. The van der Waals surface area contributed by atoms with Crippen molar-refractivity contribution in [2.75, 3.05) is 27.3 Å². The first-order valence-electron chi connectivity index (χ1n) is 6.37. The first-order chi connectivity index (χ1) is 8.76. The summed E-state index contributed by atoms with van der Waals surface area (Å²) in [5.74, 6) is 1.76. The Morgan fingerprint density at radius 3 is 2.56 bits per heavy atom. The van der Waals surface area contributed by atoms with Crippen molar-refractivity contribution in [1.29, 1.82) is 0 Å². The van der Waals surface area contributed by atoms with Crippen LogP contribution >= 0.6 is 0 Å². The summed E-state index contributed by atoms with van der Waals surface area (Å²) in [7, 11) is 3.25. The Balaban J connectivity index is 2.23. The van der Waals surface area contributed by atoms with Crippen LogP contribution in [0.1, 0.15) is 24.5 Å². The number of methoxy groups -OCH3 is 2. The summed E-state index contributed by atoms with van der Waals surface area (Å²) in [5.41, 5.74) is 0.823. The summed E-state index contributed by atoms with van der Waals surface area (Å²) in [6.07, 6.45) is 1.49. The Labute approximate surface area is 108 Å². The lowest BCUT2D eigenvalue weighted by atomic mass is 9.87. The molecular formula is C14H21NO3. The molecule has 1 fully saturated rings. The van der Waals surface area contributed by atoms with E-state index < -0.39 is 6.10 Å². The lowest BCUT2D eigenvalue weighted by Gasteiger charge is -2.28. The summed E-state index contributed by atoms with van der Waals surface area (Å²) in [6.45, 7) is 1.93. The van der Waals surface area contributed by atoms with Crippen LogP contribution in [0, 0.1) is 5.92 Å². The van der Waals surface area contributed by atoms with Crippen LogP contribution in [-0.4, -0.2) is 32.4 Å². The van der Waals surface area contributed by atoms with Gasteiger partial charge in [-0.1, -0.05) is 0 Å². The van der Waals surface area contributed by atoms with Gasteiger partial charge < -0.3 is 19.9 Å². The lowest BCUT2D eigenvalue weighted by molar-refractivity contribution is 0.0862. The second kappa shape index (κ2) is 6.07. The summed E-state index contributed by atoms with van der Waals surface area (Å²) >= 11 is 0. The number of rotatable bonds is 4. The Morgan fingerprint density at radius 2 is 1.94 bits per heavy atom. The maximum absolute atomic E-state index is 10.5. The Bertz CT molecular complexity index is 389. The fourth-order valence-corrected chi connectivity index (χ4v) is 2.48. The molecule has 2 rings (SSSR count). The maximum atomic E-state index is 10.5. The number of nitrogens with one attached hydrogen (secondary N) is 1. The van der Waals surface area contributed by atoms with Crippen molar-refractivity contribution in [2.45, 2.75) is 18.9 Å². The van der Waals surface area contributed by atoms with Crippen molar-refractivity contribution in [3.63, 3.8) is 0 Å². The number of aliphatic hydroxyl groups is 1. The molecule has 1 aliphatic rings. The van der Waals surface area contributed by atoms with Gasteiger partial charge in [0, 0.05) is 5.56 Å². The van der Waals surface area contributed by atoms with Crippen LogP contribution in [0.5, 0.6) is 11.5 Å². The highest BCUT2D eigenvalue weighted by Gasteiger charge is 2.25. The molecule has 1 heterocycles. The Hall–Kier alpha value is -1.26. The van der Waals surface area contributed by atoms with E-state index in [1.807, 2.05) is 18.2 Å². The highest BCUT2D eigenvalue weighted by molar-refractivity contribution is 5.41. The third-order valence-electron chi connectivity index (χ3n) is 3.59. The van der Waals surface area contributed by atoms with Crippen LogP contribution in [0.4, 0.5) is 0 Å². The second-order valence-corrected chi connectivity index (χ2v) is 4.64. The number of aliphatic hydroxyl groups excluding tert-OH is 1. The minimum absolute atomic E-state index is 0.284. The number of ether oxygens (including phenoxy) is 2. The van der Waals surface area contributed by atoms with Gasteiger partial charge in [-0.25, -0.2) is 0 Å². The summed E-state index contributed by atoms with van der Waals surface area (Å²) in [4.78, 5) is 0. The minimum Gasteiger partial charge on any atom is -0.497 e. The zero-order chi connectivity index (χ0) is 13.0. The monoisotopic (exact) mass is 251 g/mol. The second-order valence-electron chi connectivity index (χ2n) is 4.64. The van der Waals surface area contributed by atoms with Gasteiger partial charge in [-0.05, 0) is 50.0 Å². The van der Waals surface area contributed by atoms with Crippen LogP contribution in [0.2, 0.25) is 0 Å². The molecule has 4 nitrogen and oxygen atoms in total. The van der Waals surface area contributed by atoms with Gasteiger partial charge >= 0.3 is 0 Å². The molecule has 1 aliphatic heterocycles. The van der Waals surface area contributed by atoms with Crippen molar-refractivity contribution >= 4 is 0 Å². The molecule has 1 unspecified atom stereocenters. The SMILES string of the molecule is COc1ccc(OC)c(C(O)C2CCNCC2)c1. The number of benzene rings is 1. The molecule has 0 radical (unpaired) electrons. The molecule has 2 N–H and O–H groups in total. The molecule has 0 spiro atoms. The van der Waals surface area contributed by atoms with E-state index in [1.165, 1.54) is 0 Å². The first kappa shape index (κ1) is 13.2. The van der Waals surface area contributed by atoms with Gasteiger partial charge in [0.25, 0.3) is 0 Å². The van der Waals surface area contributed by atoms with Gasteiger partial charge in [-0.3, -0.25) is 0 Å². The van der Waals surface area contributed by atoms with Crippen LogP contribution in [0.25, 0.3) is 0 Å². The van der Waals surface area contributed by atoms with Crippen molar-refractivity contribution < 1.29 is 14.6 Å². The van der Waals surface area contributed by atoms with Crippen molar-refractivity contribution in [1.82, 2.24) is 5.32 Å². The predicted molar refractivity (Wildman–Crippen MR) is 70.1 cm³/mol. The van der Waals surface area contributed by atoms with Crippen molar-refractivity contribution in [2.24, 2.45) is 5.92 Å². The normalized spacial score (nSPS) is 18.4. The maximum Gasteiger partial charge on any atom is 0.124 e. The average molecular weight is 251 g/mol. The third kappa shape index (κ3) is 2.76. The Morgan fingerprint density at radius 1 is 1.22 bits per heavy atom. The van der Waals surface area contributed by atoms with Gasteiger partial charge in [-0.15, -0.1) is 0 Å². The molecule has 1 atom stereocenters. The standard InChI is InChI=1S/C14H21NO3/c1-17-11-3-4-13(18-2)12(9-11)14(16)10-5-7-15-8-6-10/h3-4,9-10,14-16H,5-8H2,1-2H3. The average Bonchev–Trinajstić information content (AvgIpc) is 2.46. The summed E-state index contributed by atoms with van der Waals surface area (Å²) in [6, 6.07) is 5.56. The van der Waals surface area contributed by atoms with E-state index in [0.29, 0.717) is 0 Å². The third-order valence-corrected chi connectivity index (χ3v) is 3.59. The molecule has 1 aromatic carbocycles. The molecule has 100 valence electrons.